The molecule has 1 aromatic rings. The molecule has 2 heterocycles. The number of piperidine rings is 1. The third-order valence-corrected chi connectivity index (χ3v) is 5.51. The van der Waals surface area contributed by atoms with E-state index in [9.17, 15) is 0 Å². The SMILES string of the molecule is CCCNCc1sc(N2CCCC(OC)C2)nc1C1CC1. The van der Waals surface area contributed by atoms with E-state index in [1.54, 1.807) is 0 Å². The van der Waals surface area contributed by atoms with Gasteiger partial charge in [-0.1, -0.05) is 6.92 Å². The maximum absolute atomic E-state index is 5.54. The van der Waals surface area contributed by atoms with Crippen LogP contribution in [0.4, 0.5) is 5.13 Å². The number of hydrogen-bond acceptors (Lipinski definition) is 5. The molecule has 1 aliphatic carbocycles. The smallest absolute Gasteiger partial charge is 0.185 e. The van der Waals surface area contributed by atoms with Crippen molar-refractivity contribution in [2.45, 2.75) is 57.6 Å². The molecule has 21 heavy (non-hydrogen) atoms. The van der Waals surface area contributed by atoms with Crippen LogP contribution in [0, 0.1) is 0 Å². The van der Waals surface area contributed by atoms with Gasteiger partial charge in [0.05, 0.1) is 11.8 Å². The van der Waals surface area contributed by atoms with E-state index < -0.39 is 0 Å². The van der Waals surface area contributed by atoms with Gasteiger partial charge in [0.25, 0.3) is 0 Å². The first-order valence-corrected chi connectivity index (χ1v) is 9.11. The zero-order valence-corrected chi connectivity index (χ0v) is 14.0. The fraction of sp³-hybridized carbons (Fsp3) is 0.812. The van der Waals surface area contributed by atoms with Crippen LogP contribution in [-0.2, 0) is 11.3 Å². The molecule has 1 saturated heterocycles. The van der Waals surface area contributed by atoms with Crippen molar-refractivity contribution in [2.75, 3.05) is 31.6 Å². The maximum Gasteiger partial charge on any atom is 0.185 e. The minimum absolute atomic E-state index is 0.369. The molecule has 4 nitrogen and oxygen atoms in total. The second-order valence-electron chi connectivity index (χ2n) is 6.20. The van der Waals surface area contributed by atoms with E-state index in [4.69, 9.17) is 9.72 Å². The molecule has 1 aliphatic heterocycles. The van der Waals surface area contributed by atoms with Crippen LogP contribution in [0.15, 0.2) is 0 Å². The topological polar surface area (TPSA) is 37.4 Å². The Bertz CT molecular complexity index is 458. The highest BCUT2D eigenvalue weighted by Gasteiger charge is 2.31. The molecule has 0 spiro atoms. The predicted octanol–water partition coefficient (Wildman–Crippen LogP) is 3.14. The molecule has 0 bridgehead atoms. The largest absolute Gasteiger partial charge is 0.380 e. The molecule has 118 valence electrons. The summed E-state index contributed by atoms with van der Waals surface area (Å²) in [5.74, 6) is 0.733. The molecule has 1 atom stereocenters. The lowest BCUT2D eigenvalue weighted by atomic mass is 10.1. The van der Waals surface area contributed by atoms with E-state index in [-0.39, 0.29) is 0 Å². The molecule has 5 heteroatoms. The van der Waals surface area contributed by atoms with E-state index in [1.165, 1.54) is 47.8 Å². The molecule has 0 aromatic carbocycles. The lowest BCUT2D eigenvalue weighted by Gasteiger charge is -2.31. The van der Waals surface area contributed by atoms with Crippen molar-refractivity contribution >= 4 is 16.5 Å². The van der Waals surface area contributed by atoms with Crippen LogP contribution < -0.4 is 10.2 Å². The maximum atomic E-state index is 5.54. The summed E-state index contributed by atoms with van der Waals surface area (Å²) in [4.78, 5) is 8.88. The molecule has 3 rings (SSSR count). The highest BCUT2D eigenvalue weighted by Crippen LogP contribution is 2.44. The van der Waals surface area contributed by atoms with E-state index >= 15 is 0 Å². The average Bonchev–Trinajstić information content (AvgIpc) is 3.28. The number of nitrogens with zero attached hydrogens (tertiary/aromatic N) is 2. The number of rotatable bonds is 7. The van der Waals surface area contributed by atoms with Gasteiger partial charge in [0.2, 0.25) is 0 Å². The summed E-state index contributed by atoms with van der Waals surface area (Å²) in [7, 11) is 1.83. The van der Waals surface area contributed by atoms with Crippen molar-refractivity contribution in [2.24, 2.45) is 0 Å². The third kappa shape index (κ3) is 3.76. The van der Waals surface area contributed by atoms with Crippen molar-refractivity contribution in [3.63, 3.8) is 0 Å². The number of aromatic nitrogens is 1. The van der Waals surface area contributed by atoms with Crippen molar-refractivity contribution in [3.05, 3.63) is 10.6 Å². The summed E-state index contributed by atoms with van der Waals surface area (Å²) in [6.45, 7) is 6.41. The van der Waals surface area contributed by atoms with Gasteiger partial charge in [-0.25, -0.2) is 4.98 Å². The summed E-state index contributed by atoms with van der Waals surface area (Å²) in [5, 5.41) is 4.75. The van der Waals surface area contributed by atoms with Crippen molar-refractivity contribution in [1.82, 2.24) is 10.3 Å². The lowest BCUT2D eigenvalue weighted by Crippen LogP contribution is -2.39. The Morgan fingerprint density at radius 1 is 1.38 bits per heavy atom. The predicted molar refractivity (Wildman–Crippen MR) is 88.3 cm³/mol. The molecule has 0 amide bonds. The number of methoxy groups -OCH3 is 1. The fourth-order valence-electron chi connectivity index (χ4n) is 2.97. The van der Waals surface area contributed by atoms with Crippen LogP contribution in [0.2, 0.25) is 0 Å². The van der Waals surface area contributed by atoms with Crippen LogP contribution in [0.25, 0.3) is 0 Å². The summed E-state index contributed by atoms with van der Waals surface area (Å²) in [6, 6.07) is 0. The quantitative estimate of drug-likeness (QED) is 0.785. The molecule has 1 N–H and O–H groups in total. The van der Waals surface area contributed by atoms with Gasteiger partial charge in [0.1, 0.15) is 0 Å². The fourth-order valence-corrected chi connectivity index (χ4v) is 4.12. The average molecular weight is 309 g/mol. The van der Waals surface area contributed by atoms with E-state index in [0.717, 1.165) is 32.1 Å². The third-order valence-electron chi connectivity index (χ3n) is 4.37. The van der Waals surface area contributed by atoms with Crippen LogP contribution in [0.5, 0.6) is 0 Å². The van der Waals surface area contributed by atoms with Crippen LogP contribution in [0.1, 0.15) is 55.5 Å². The number of anilines is 1. The van der Waals surface area contributed by atoms with E-state index in [2.05, 4.69) is 17.1 Å². The molecular formula is C16H27N3OS. The molecule has 2 fully saturated rings. The van der Waals surface area contributed by atoms with Crippen LogP contribution in [-0.4, -0.2) is 37.8 Å². The first-order valence-electron chi connectivity index (χ1n) is 8.29. The molecule has 2 aliphatic rings. The zero-order chi connectivity index (χ0) is 14.7. The van der Waals surface area contributed by atoms with Crippen molar-refractivity contribution in [3.8, 4) is 0 Å². The highest BCUT2D eigenvalue weighted by atomic mass is 32.1. The number of thiazole rings is 1. The Hall–Kier alpha value is -0.650. The Morgan fingerprint density at radius 2 is 2.24 bits per heavy atom. The minimum Gasteiger partial charge on any atom is -0.380 e. The van der Waals surface area contributed by atoms with Crippen LogP contribution >= 0.6 is 11.3 Å². The first kappa shape index (κ1) is 15.3. The van der Waals surface area contributed by atoms with Crippen LogP contribution in [0.3, 0.4) is 0 Å². The van der Waals surface area contributed by atoms with Gasteiger partial charge in [-0.2, -0.15) is 0 Å². The molecule has 1 unspecified atom stereocenters. The van der Waals surface area contributed by atoms with Gasteiger partial charge in [0, 0.05) is 37.5 Å². The van der Waals surface area contributed by atoms with Gasteiger partial charge < -0.3 is 15.0 Å². The standard InChI is InChI=1S/C16H27N3OS/c1-3-8-17-10-14-15(12-6-7-12)18-16(21-14)19-9-4-5-13(11-19)20-2/h12-13,17H,3-11H2,1-2H3. The molecular weight excluding hydrogens is 282 g/mol. The van der Waals surface area contributed by atoms with Gasteiger partial charge in [-0.05, 0) is 38.6 Å². The van der Waals surface area contributed by atoms with Crippen molar-refractivity contribution in [1.29, 1.82) is 0 Å². The first-order chi connectivity index (χ1) is 10.3. The Kier molecular flexibility index (Phi) is 5.14. The second kappa shape index (κ2) is 7.07. The Balaban J connectivity index is 1.71. The Labute approximate surface area is 131 Å². The second-order valence-corrected chi connectivity index (χ2v) is 7.26. The summed E-state index contributed by atoms with van der Waals surface area (Å²) < 4.78 is 5.54. The minimum atomic E-state index is 0.369. The summed E-state index contributed by atoms with van der Waals surface area (Å²) in [6.07, 6.45) is 6.59. The molecule has 1 saturated carbocycles. The van der Waals surface area contributed by atoms with E-state index in [1.807, 2.05) is 18.4 Å². The number of hydrogen-bond donors (Lipinski definition) is 1. The lowest BCUT2D eigenvalue weighted by molar-refractivity contribution is 0.0893. The van der Waals surface area contributed by atoms with Gasteiger partial charge in [-0.3, -0.25) is 0 Å². The normalized spacial score (nSPS) is 22.8. The van der Waals surface area contributed by atoms with E-state index in [0.29, 0.717) is 6.10 Å². The highest BCUT2D eigenvalue weighted by molar-refractivity contribution is 7.15. The Morgan fingerprint density at radius 3 is 2.95 bits per heavy atom. The summed E-state index contributed by atoms with van der Waals surface area (Å²) >= 11 is 1.89. The van der Waals surface area contributed by atoms with Crippen molar-refractivity contribution < 1.29 is 4.74 Å². The molecule has 1 aromatic heterocycles. The number of ether oxygens (including phenoxy) is 1. The van der Waals surface area contributed by atoms with Gasteiger partial charge in [0.15, 0.2) is 5.13 Å². The van der Waals surface area contributed by atoms with Gasteiger partial charge in [-0.15, -0.1) is 11.3 Å². The van der Waals surface area contributed by atoms with Gasteiger partial charge >= 0.3 is 0 Å². The monoisotopic (exact) mass is 309 g/mol. The summed E-state index contributed by atoms with van der Waals surface area (Å²) in [5.41, 5.74) is 1.37. The zero-order valence-electron chi connectivity index (χ0n) is 13.2. The number of nitrogens with one attached hydrogen (secondary N) is 1. The molecule has 0 radical (unpaired) electrons.